The number of carbonyl (C=O) groups excluding carboxylic acids is 1. The van der Waals surface area contributed by atoms with E-state index in [1.165, 1.54) is 17.3 Å². The van der Waals surface area contributed by atoms with Crippen molar-refractivity contribution in [3.63, 3.8) is 0 Å². The normalized spacial score (nSPS) is 14.0. The second-order valence-electron chi connectivity index (χ2n) is 7.92. The molecule has 1 amide bonds. The highest BCUT2D eigenvalue weighted by atomic mass is 32.2. The number of morpholine rings is 1. The van der Waals surface area contributed by atoms with Gasteiger partial charge in [0.25, 0.3) is 0 Å². The van der Waals surface area contributed by atoms with Gasteiger partial charge in [-0.05, 0) is 41.3 Å². The van der Waals surface area contributed by atoms with Crippen LogP contribution in [0.5, 0.6) is 0 Å². The van der Waals surface area contributed by atoms with Crippen LogP contribution in [0.4, 0.5) is 5.82 Å². The lowest BCUT2D eigenvalue weighted by Crippen LogP contribution is -2.36. The largest absolute Gasteiger partial charge is 0.378 e. The molecule has 0 atom stereocenters. The topological polar surface area (TPSA) is 85.2 Å². The summed E-state index contributed by atoms with van der Waals surface area (Å²) in [5, 5.41) is 11.9. The number of benzene rings is 1. The first-order valence-electron chi connectivity index (χ1n) is 10.8. The molecule has 8 nitrogen and oxygen atoms in total. The number of aromatic nitrogens is 4. The van der Waals surface area contributed by atoms with Crippen molar-refractivity contribution >= 4 is 23.5 Å². The van der Waals surface area contributed by atoms with Crippen LogP contribution in [0, 0.1) is 0 Å². The molecule has 0 saturated carbocycles. The summed E-state index contributed by atoms with van der Waals surface area (Å²) in [6.45, 7) is 7.90. The number of thioether (sulfide) groups is 1. The van der Waals surface area contributed by atoms with Gasteiger partial charge in [-0.25, -0.2) is 4.98 Å². The van der Waals surface area contributed by atoms with E-state index < -0.39 is 0 Å². The third-order valence-corrected chi connectivity index (χ3v) is 6.26. The molecule has 1 aliphatic rings. The van der Waals surface area contributed by atoms with Crippen molar-refractivity contribution < 1.29 is 9.53 Å². The number of hydrogen-bond donors (Lipinski definition) is 1. The second kappa shape index (κ2) is 10.6. The minimum atomic E-state index is -0.0514. The third kappa shape index (κ3) is 5.66. The standard InChI is InChI=1S/C23H28N6O2S/c1-17(2)19-3-5-20(6-4-19)29-16-26-27-23(29)32-15-22(30)25-14-18-7-8-24-21(13-18)28-9-11-31-12-10-28/h3-8,13,16-17H,9-12,14-15H2,1-2H3,(H,25,30). The average molecular weight is 453 g/mol. The molecule has 1 fully saturated rings. The zero-order chi connectivity index (χ0) is 22.3. The van der Waals surface area contributed by atoms with Gasteiger partial charge in [0, 0.05) is 31.5 Å². The summed E-state index contributed by atoms with van der Waals surface area (Å²) in [4.78, 5) is 19.1. The van der Waals surface area contributed by atoms with Crippen LogP contribution in [0.3, 0.4) is 0 Å². The van der Waals surface area contributed by atoms with Crippen LogP contribution in [-0.2, 0) is 16.1 Å². The molecule has 1 aliphatic heterocycles. The first-order chi connectivity index (χ1) is 15.6. The molecule has 1 N–H and O–H groups in total. The SMILES string of the molecule is CC(C)c1ccc(-n2cnnc2SCC(=O)NCc2ccnc(N3CCOCC3)c2)cc1. The fourth-order valence-corrected chi connectivity index (χ4v) is 4.20. The van der Waals surface area contributed by atoms with Crippen LogP contribution >= 0.6 is 11.8 Å². The first kappa shape index (κ1) is 22.3. The summed E-state index contributed by atoms with van der Waals surface area (Å²) in [5.74, 6) is 1.62. The number of rotatable bonds is 8. The maximum atomic E-state index is 12.4. The van der Waals surface area contributed by atoms with E-state index in [-0.39, 0.29) is 11.7 Å². The van der Waals surface area contributed by atoms with Gasteiger partial charge in [-0.3, -0.25) is 9.36 Å². The van der Waals surface area contributed by atoms with Crippen molar-refractivity contribution in [3.05, 3.63) is 60.0 Å². The lowest BCUT2D eigenvalue weighted by atomic mass is 10.0. The van der Waals surface area contributed by atoms with Crippen LogP contribution in [0.25, 0.3) is 5.69 Å². The number of nitrogens with zero attached hydrogens (tertiary/aromatic N) is 5. The van der Waals surface area contributed by atoms with Gasteiger partial charge in [-0.1, -0.05) is 37.7 Å². The summed E-state index contributed by atoms with van der Waals surface area (Å²) in [7, 11) is 0. The van der Waals surface area contributed by atoms with Gasteiger partial charge in [0.2, 0.25) is 5.91 Å². The van der Waals surface area contributed by atoms with Crippen molar-refractivity contribution in [1.82, 2.24) is 25.1 Å². The molecule has 4 rings (SSSR count). The van der Waals surface area contributed by atoms with Gasteiger partial charge in [0.05, 0.1) is 19.0 Å². The Balaban J connectivity index is 1.30. The van der Waals surface area contributed by atoms with E-state index >= 15 is 0 Å². The van der Waals surface area contributed by atoms with E-state index in [9.17, 15) is 4.79 Å². The van der Waals surface area contributed by atoms with Gasteiger partial charge >= 0.3 is 0 Å². The average Bonchev–Trinajstić information content (AvgIpc) is 3.31. The van der Waals surface area contributed by atoms with Gasteiger partial charge in [-0.15, -0.1) is 10.2 Å². The smallest absolute Gasteiger partial charge is 0.230 e. The summed E-state index contributed by atoms with van der Waals surface area (Å²) in [6.07, 6.45) is 3.46. The number of carbonyl (C=O) groups is 1. The van der Waals surface area contributed by atoms with Gasteiger partial charge in [0.15, 0.2) is 5.16 Å². The van der Waals surface area contributed by atoms with Crippen LogP contribution in [-0.4, -0.2) is 57.7 Å². The Labute approximate surface area is 192 Å². The Morgan fingerprint density at radius 2 is 1.97 bits per heavy atom. The zero-order valence-electron chi connectivity index (χ0n) is 18.4. The molecule has 9 heteroatoms. The van der Waals surface area contributed by atoms with Crippen LogP contribution in [0.2, 0.25) is 0 Å². The molecule has 0 radical (unpaired) electrons. The van der Waals surface area contributed by atoms with E-state index in [0.717, 1.165) is 30.2 Å². The highest BCUT2D eigenvalue weighted by molar-refractivity contribution is 7.99. The van der Waals surface area contributed by atoms with Gasteiger partial charge < -0.3 is 15.0 Å². The van der Waals surface area contributed by atoms with Crippen molar-refractivity contribution in [2.75, 3.05) is 37.0 Å². The van der Waals surface area contributed by atoms with E-state index in [2.05, 4.69) is 63.5 Å². The highest BCUT2D eigenvalue weighted by Gasteiger charge is 2.14. The number of amides is 1. The van der Waals surface area contributed by atoms with Crippen molar-refractivity contribution in [1.29, 1.82) is 0 Å². The van der Waals surface area contributed by atoms with Gasteiger partial charge in [0.1, 0.15) is 12.1 Å². The molecular weight excluding hydrogens is 424 g/mol. The Hall–Kier alpha value is -2.91. The summed E-state index contributed by atoms with van der Waals surface area (Å²) < 4.78 is 7.30. The summed E-state index contributed by atoms with van der Waals surface area (Å²) in [5.41, 5.74) is 3.28. The second-order valence-corrected chi connectivity index (χ2v) is 8.86. The Kier molecular flexibility index (Phi) is 7.39. The summed E-state index contributed by atoms with van der Waals surface area (Å²) in [6, 6.07) is 12.3. The zero-order valence-corrected chi connectivity index (χ0v) is 19.2. The quantitative estimate of drug-likeness (QED) is 0.526. The third-order valence-electron chi connectivity index (χ3n) is 5.32. The maximum absolute atomic E-state index is 12.4. The molecule has 168 valence electrons. The molecule has 1 saturated heterocycles. The molecule has 3 aromatic rings. The molecule has 2 aromatic heterocycles. The Morgan fingerprint density at radius 3 is 2.72 bits per heavy atom. The molecule has 1 aromatic carbocycles. The maximum Gasteiger partial charge on any atom is 0.230 e. The van der Waals surface area contributed by atoms with E-state index in [4.69, 9.17) is 4.74 Å². The summed E-state index contributed by atoms with van der Waals surface area (Å²) >= 11 is 1.37. The van der Waals surface area contributed by atoms with Crippen LogP contribution in [0.15, 0.2) is 54.1 Å². The minimum Gasteiger partial charge on any atom is -0.378 e. The number of hydrogen-bond acceptors (Lipinski definition) is 7. The Bertz CT molecular complexity index is 1030. The Morgan fingerprint density at radius 1 is 1.19 bits per heavy atom. The van der Waals surface area contributed by atoms with Crippen molar-refractivity contribution in [2.45, 2.75) is 31.5 Å². The van der Waals surface area contributed by atoms with E-state index in [0.29, 0.717) is 30.8 Å². The molecule has 3 heterocycles. The molecule has 0 bridgehead atoms. The fourth-order valence-electron chi connectivity index (χ4n) is 3.44. The van der Waals surface area contributed by atoms with Gasteiger partial charge in [-0.2, -0.15) is 0 Å². The minimum absolute atomic E-state index is 0.0514. The molecule has 32 heavy (non-hydrogen) atoms. The van der Waals surface area contributed by atoms with Crippen LogP contribution in [0.1, 0.15) is 30.9 Å². The molecular formula is C23H28N6O2S. The van der Waals surface area contributed by atoms with Crippen molar-refractivity contribution in [2.24, 2.45) is 0 Å². The molecule has 0 aliphatic carbocycles. The predicted molar refractivity (Wildman–Crippen MR) is 125 cm³/mol. The van der Waals surface area contributed by atoms with Crippen molar-refractivity contribution in [3.8, 4) is 5.69 Å². The molecule has 0 unspecified atom stereocenters. The number of ether oxygens (including phenoxy) is 1. The predicted octanol–water partition coefficient (Wildman–Crippen LogP) is 3.03. The number of nitrogens with one attached hydrogen (secondary N) is 1. The van der Waals surface area contributed by atoms with Crippen LogP contribution < -0.4 is 10.2 Å². The fraction of sp³-hybridized carbons (Fsp3) is 0.391. The van der Waals surface area contributed by atoms with E-state index in [1.54, 1.807) is 12.5 Å². The number of pyridine rings is 1. The van der Waals surface area contributed by atoms with E-state index in [1.807, 2.05) is 16.7 Å². The lowest BCUT2D eigenvalue weighted by Gasteiger charge is -2.28. The first-order valence-corrected chi connectivity index (χ1v) is 11.8. The monoisotopic (exact) mass is 452 g/mol. The number of anilines is 1. The highest BCUT2D eigenvalue weighted by Crippen LogP contribution is 2.22. The molecule has 0 spiro atoms. The lowest BCUT2D eigenvalue weighted by molar-refractivity contribution is -0.118.